The first-order valence-electron chi connectivity index (χ1n) is 8.07. The second kappa shape index (κ2) is 8.24. The number of ether oxygens (including phenoxy) is 1. The number of pyridine rings is 1. The summed E-state index contributed by atoms with van der Waals surface area (Å²) in [6, 6.07) is 5.12. The van der Waals surface area contributed by atoms with Crippen LogP contribution in [0.5, 0.6) is 5.75 Å². The monoisotopic (exact) mass is 399 g/mol. The largest absolute Gasteiger partial charge is 0.573 e. The van der Waals surface area contributed by atoms with Crippen molar-refractivity contribution in [3.8, 4) is 5.75 Å². The molecule has 1 heterocycles. The SMILES string of the molecule is CC(=O)Nc1cc(C(C)NC(=O)c2ccc(OC(F)(F)F)c(F)c2)cc(C)n1. The van der Waals surface area contributed by atoms with Crippen molar-refractivity contribution in [3.63, 3.8) is 0 Å². The van der Waals surface area contributed by atoms with E-state index in [1.807, 2.05) is 0 Å². The molecular weight excluding hydrogens is 382 g/mol. The number of hydrogen-bond donors (Lipinski definition) is 2. The van der Waals surface area contributed by atoms with Crippen molar-refractivity contribution in [1.82, 2.24) is 10.3 Å². The fraction of sp³-hybridized carbons (Fsp3) is 0.278. The highest BCUT2D eigenvalue weighted by molar-refractivity contribution is 5.94. The van der Waals surface area contributed by atoms with Crippen LogP contribution in [0.25, 0.3) is 0 Å². The van der Waals surface area contributed by atoms with E-state index in [4.69, 9.17) is 0 Å². The molecule has 28 heavy (non-hydrogen) atoms. The van der Waals surface area contributed by atoms with Gasteiger partial charge in [0.2, 0.25) is 5.91 Å². The topological polar surface area (TPSA) is 80.3 Å². The normalized spacial score (nSPS) is 12.2. The van der Waals surface area contributed by atoms with Crippen LogP contribution < -0.4 is 15.4 Å². The third-order valence-corrected chi connectivity index (χ3v) is 3.55. The first-order chi connectivity index (χ1) is 12.9. The molecule has 0 aliphatic carbocycles. The molecule has 2 amide bonds. The number of carbonyl (C=O) groups is 2. The number of anilines is 1. The maximum Gasteiger partial charge on any atom is 0.573 e. The molecule has 0 aliphatic rings. The number of rotatable bonds is 5. The molecule has 1 aromatic carbocycles. The van der Waals surface area contributed by atoms with Crippen LogP contribution in [0.2, 0.25) is 0 Å². The molecule has 0 aliphatic heterocycles. The molecule has 2 N–H and O–H groups in total. The van der Waals surface area contributed by atoms with Crippen LogP contribution >= 0.6 is 0 Å². The molecule has 150 valence electrons. The van der Waals surface area contributed by atoms with Gasteiger partial charge in [-0.05, 0) is 49.7 Å². The van der Waals surface area contributed by atoms with E-state index in [0.29, 0.717) is 23.1 Å². The number of hydrogen-bond acceptors (Lipinski definition) is 4. The first kappa shape index (κ1) is 21.1. The quantitative estimate of drug-likeness (QED) is 0.748. The molecule has 10 heteroatoms. The van der Waals surface area contributed by atoms with Gasteiger partial charge in [-0.1, -0.05) is 0 Å². The second-order valence-corrected chi connectivity index (χ2v) is 6.00. The fourth-order valence-corrected chi connectivity index (χ4v) is 2.40. The summed E-state index contributed by atoms with van der Waals surface area (Å²) in [5.74, 6) is -3.03. The van der Waals surface area contributed by atoms with Gasteiger partial charge in [0, 0.05) is 18.2 Å². The van der Waals surface area contributed by atoms with Crippen molar-refractivity contribution in [1.29, 1.82) is 0 Å². The zero-order valence-electron chi connectivity index (χ0n) is 15.1. The van der Waals surface area contributed by atoms with Gasteiger partial charge >= 0.3 is 6.36 Å². The minimum atomic E-state index is -5.04. The number of amides is 2. The Morgan fingerprint density at radius 2 is 1.86 bits per heavy atom. The van der Waals surface area contributed by atoms with Crippen molar-refractivity contribution in [2.24, 2.45) is 0 Å². The van der Waals surface area contributed by atoms with Gasteiger partial charge in [-0.3, -0.25) is 9.59 Å². The Bertz CT molecular complexity index is 900. The average Bonchev–Trinajstić information content (AvgIpc) is 2.54. The minimum absolute atomic E-state index is 0.174. The summed E-state index contributed by atoms with van der Waals surface area (Å²) in [4.78, 5) is 27.6. The summed E-state index contributed by atoms with van der Waals surface area (Å²) in [6.45, 7) is 4.69. The van der Waals surface area contributed by atoms with E-state index in [0.717, 1.165) is 12.1 Å². The van der Waals surface area contributed by atoms with Crippen LogP contribution in [0.1, 0.15) is 41.5 Å². The van der Waals surface area contributed by atoms with Gasteiger partial charge < -0.3 is 15.4 Å². The summed E-state index contributed by atoms with van der Waals surface area (Å²) in [5.41, 5.74) is 1.05. The Balaban J connectivity index is 2.15. The number of nitrogens with one attached hydrogen (secondary N) is 2. The highest BCUT2D eigenvalue weighted by Gasteiger charge is 2.32. The molecule has 0 spiro atoms. The number of aromatic nitrogens is 1. The lowest BCUT2D eigenvalue weighted by Crippen LogP contribution is -2.27. The molecule has 2 rings (SSSR count). The van der Waals surface area contributed by atoms with Crippen molar-refractivity contribution in [2.75, 3.05) is 5.32 Å². The number of nitrogens with zero attached hydrogens (tertiary/aromatic N) is 1. The van der Waals surface area contributed by atoms with E-state index in [-0.39, 0.29) is 11.5 Å². The van der Waals surface area contributed by atoms with E-state index >= 15 is 0 Å². The van der Waals surface area contributed by atoms with E-state index in [9.17, 15) is 27.2 Å². The van der Waals surface area contributed by atoms with Crippen molar-refractivity contribution in [2.45, 2.75) is 33.2 Å². The number of halogens is 4. The number of alkyl halides is 3. The Kier molecular flexibility index (Phi) is 6.22. The number of aryl methyl sites for hydroxylation is 1. The van der Waals surface area contributed by atoms with Gasteiger partial charge in [0.05, 0.1) is 6.04 Å². The predicted octanol–water partition coefficient (Wildman–Crippen LogP) is 3.88. The van der Waals surface area contributed by atoms with E-state index < -0.39 is 29.9 Å². The third kappa shape index (κ3) is 5.93. The van der Waals surface area contributed by atoms with Crippen LogP contribution in [0.15, 0.2) is 30.3 Å². The van der Waals surface area contributed by atoms with Gasteiger partial charge in [0.15, 0.2) is 11.6 Å². The van der Waals surface area contributed by atoms with Gasteiger partial charge in [0.25, 0.3) is 5.91 Å². The highest BCUT2D eigenvalue weighted by atomic mass is 19.4. The van der Waals surface area contributed by atoms with Crippen LogP contribution in [0.4, 0.5) is 23.4 Å². The van der Waals surface area contributed by atoms with Crippen molar-refractivity contribution >= 4 is 17.6 Å². The second-order valence-electron chi connectivity index (χ2n) is 6.00. The molecule has 0 saturated heterocycles. The summed E-state index contributed by atoms with van der Waals surface area (Å²) >= 11 is 0. The Morgan fingerprint density at radius 1 is 1.18 bits per heavy atom. The zero-order chi connectivity index (χ0) is 21.1. The van der Waals surface area contributed by atoms with Crippen molar-refractivity contribution < 1.29 is 31.9 Å². The average molecular weight is 399 g/mol. The summed E-state index contributed by atoms with van der Waals surface area (Å²) in [6.07, 6.45) is -5.04. The smallest absolute Gasteiger partial charge is 0.403 e. The Labute approximate surface area is 157 Å². The fourth-order valence-electron chi connectivity index (χ4n) is 2.40. The maximum absolute atomic E-state index is 13.8. The minimum Gasteiger partial charge on any atom is -0.403 e. The molecule has 1 atom stereocenters. The van der Waals surface area contributed by atoms with E-state index in [1.54, 1.807) is 26.0 Å². The standard InChI is InChI=1S/C18H17F4N3O3/c1-9-6-13(8-16(23-9)25-11(3)26)10(2)24-17(27)12-4-5-15(14(19)7-12)28-18(20,21)22/h4-8,10H,1-3H3,(H,24,27)(H,23,25,26). The lowest BCUT2D eigenvalue weighted by molar-refractivity contribution is -0.275. The van der Waals surface area contributed by atoms with Gasteiger partial charge in [0.1, 0.15) is 5.82 Å². The van der Waals surface area contributed by atoms with Crippen LogP contribution in [-0.2, 0) is 4.79 Å². The molecule has 0 radical (unpaired) electrons. The number of benzene rings is 1. The molecule has 6 nitrogen and oxygen atoms in total. The lowest BCUT2D eigenvalue weighted by Gasteiger charge is -2.16. The Hall–Kier alpha value is -3.17. The van der Waals surface area contributed by atoms with Crippen molar-refractivity contribution in [3.05, 3.63) is 53.0 Å². The molecule has 0 bridgehead atoms. The highest BCUT2D eigenvalue weighted by Crippen LogP contribution is 2.26. The van der Waals surface area contributed by atoms with E-state index in [2.05, 4.69) is 20.4 Å². The molecule has 1 unspecified atom stereocenters. The van der Waals surface area contributed by atoms with Crippen LogP contribution in [0.3, 0.4) is 0 Å². The maximum atomic E-state index is 13.8. The summed E-state index contributed by atoms with van der Waals surface area (Å²) in [7, 11) is 0. The Morgan fingerprint density at radius 3 is 2.43 bits per heavy atom. The van der Waals surface area contributed by atoms with E-state index in [1.165, 1.54) is 6.92 Å². The zero-order valence-corrected chi connectivity index (χ0v) is 15.1. The first-order valence-corrected chi connectivity index (χ1v) is 8.07. The van der Waals surface area contributed by atoms with Crippen LogP contribution in [-0.4, -0.2) is 23.2 Å². The van der Waals surface area contributed by atoms with Gasteiger partial charge in [-0.25, -0.2) is 9.37 Å². The lowest BCUT2D eigenvalue weighted by atomic mass is 10.1. The summed E-state index contributed by atoms with van der Waals surface area (Å²) < 4.78 is 53.9. The molecule has 0 saturated carbocycles. The molecule has 1 aromatic heterocycles. The molecule has 2 aromatic rings. The summed E-state index contributed by atoms with van der Waals surface area (Å²) in [5, 5.41) is 5.15. The van der Waals surface area contributed by atoms with Gasteiger partial charge in [-0.15, -0.1) is 13.2 Å². The third-order valence-electron chi connectivity index (χ3n) is 3.55. The van der Waals surface area contributed by atoms with Gasteiger partial charge in [-0.2, -0.15) is 0 Å². The number of carbonyl (C=O) groups excluding carboxylic acids is 2. The predicted molar refractivity (Wildman–Crippen MR) is 92.2 cm³/mol. The molecular formula is C18H17F4N3O3. The molecule has 0 fully saturated rings. The van der Waals surface area contributed by atoms with Crippen LogP contribution in [0, 0.1) is 12.7 Å².